The van der Waals surface area contributed by atoms with Crippen molar-refractivity contribution in [3.63, 3.8) is 0 Å². The molecule has 3 rings (SSSR count). The normalized spacial score (nSPS) is 11.8. The predicted molar refractivity (Wildman–Crippen MR) is 123 cm³/mol. The zero-order valence-electron chi connectivity index (χ0n) is 18.5. The van der Waals surface area contributed by atoms with Crippen molar-refractivity contribution in [1.82, 2.24) is 20.1 Å². The monoisotopic (exact) mass is 455 g/mol. The van der Waals surface area contributed by atoms with Crippen molar-refractivity contribution in [2.24, 2.45) is 0 Å². The molecule has 0 aliphatic carbocycles. The topological polar surface area (TPSA) is 88.9 Å². The van der Waals surface area contributed by atoms with Gasteiger partial charge in [-0.1, -0.05) is 30.0 Å². The number of carbonyl (C=O) groups excluding carboxylic acids is 2. The minimum Gasteiger partial charge on any atom is -0.342 e. The summed E-state index contributed by atoms with van der Waals surface area (Å²) in [6.07, 6.45) is 0. The van der Waals surface area contributed by atoms with E-state index in [2.05, 4.69) is 20.8 Å². The minimum absolute atomic E-state index is 0.0282. The molecule has 2 aromatic carbocycles. The average molecular weight is 456 g/mol. The van der Waals surface area contributed by atoms with Gasteiger partial charge in [0.2, 0.25) is 5.91 Å². The molecular weight excluding hydrogens is 429 g/mol. The SMILES string of the molecule is CCn1c(SCC(=O)Nc2cc(C)cc(C)c2)nnc1[C@@H](C)NC(=O)c1ccccc1F. The average Bonchev–Trinajstić information content (AvgIpc) is 3.14. The number of hydrogen-bond acceptors (Lipinski definition) is 5. The van der Waals surface area contributed by atoms with E-state index in [1.165, 1.54) is 30.0 Å². The summed E-state index contributed by atoms with van der Waals surface area (Å²) in [5.41, 5.74) is 2.89. The molecule has 0 aliphatic heterocycles. The number of aromatic nitrogens is 3. The molecule has 3 aromatic rings. The third kappa shape index (κ3) is 5.73. The van der Waals surface area contributed by atoms with E-state index < -0.39 is 17.8 Å². The van der Waals surface area contributed by atoms with E-state index in [0.717, 1.165) is 16.8 Å². The first-order chi connectivity index (χ1) is 15.3. The molecule has 7 nitrogen and oxygen atoms in total. The fraction of sp³-hybridized carbons (Fsp3) is 0.304. The number of rotatable bonds is 8. The number of anilines is 1. The smallest absolute Gasteiger partial charge is 0.254 e. The predicted octanol–water partition coefficient (Wildman–Crippen LogP) is 4.28. The molecule has 168 valence electrons. The molecule has 0 unspecified atom stereocenters. The molecule has 9 heteroatoms. The molecule has 2 N–H and O–H groups in total. The van der Waals surface area contributed by atoms with Gasteiger partial charge in [0.25, 0.3) is 5.91 Å². The maximum absolute atomic E-state index is 13.9. The van der Waals surface area contributed by atoms with E-state index in [9.17, 15) is 14.0 Å². The fourth-order valence-corrected chi connectivity index (χ4v) is 4.19. The highest BCUT2D eigenvalue weighted by Gasteiger charge is 2.21. The Hall–Kier alpha value is -3.20. The van der Waals surface area contributed by atoms with E-state index in [0.29, 0.717) is 17.5 Å². The zero-order chi connectivity index (χ0) is 23.3. The van der Waals surface area contributed by atoms with Crippen LogP contribution in [0.15, 0.2) is 47.6 Å². The lowest BCUT2D eigenvalue weighted by Gasteiger charge is -2.15. The third-order valence-corrected chi connectivity index (χ3v) is 5.72. The van der Waals surface area contributed by atoms with Gasteiger partial charge < -0.3 is 15.2 Å². The first-order valence-electron chi connectivity index (χ1n) is 10.3. The Labute approximate surface area is 190 Å². The number of aryl methyl sites for hydroxylation is 2. The maximum Gasteiger partial charge on any atom is 0.254 e. The third-order valence-electron chi connectivity index (χ3n) is 4.75. The summed E-state index contributed by atoms with van der Waals surface area (Å²) in [5, 5.41) is 14.6. The van der Waals surface area contributed by atoms with E-state index in [4.69, 9.17) is 0 Å². The van der Waals surface area contributed by atoms with Crippen LogP contribution in [0.4, 0.5) is 10.1 Å². The highest BCUT2D eigenvalue weighted by atomic mass is 32.2. The van der Waals surface area contributed by atoms with Gasteiger partial charge in [-0.25, -0.2) is 4.39 Å². The second-order valence-corrected chi connectivity index (χ2v) is 8.42. The summed E-state index contributed by atoms with van der Waals surface area (Å²) in [7, 11) is 0. The van der Waals surface area contributed by atoms with Crippen molar-refractivity contribution in [3.05, 3.63) is 70.8 Å². The van der Waals surface area contributed by atoms with E-state index >= 15 is 0 Å². The van der Waals surface area contributed by atoms with Crippen LogP contribution >= 0.6 is 11.8 Å². The van der Waals surface area contributed by atoms with E-state index in [-0.39, 0.29) is 17.2 Å². The van der Waals surface area contributed by atoms with Gasteiger partial charge in [-0.2, -0.15) is 0 Å². The molecule has 0 saturated carbocycles. The van der Waals surface area contributed by atoms with Crippen LogP contribution in [0.5, 0.6) is 0 Å². The minimum atomic E-state index is -0.583. The lowest BCUT2D eigenvalue weighted by Crippen LogP contribution is -2.29. The lowest BCUT2D eigenvalue weighted by atomic mass is 10.1. The number of thioether (sulfide) groups is 1. The molecule has 0 aliphatic rings. The highest BCUT2D eigenvalue weighted by Crippen LogP contribution is 2.22. The lowest BCUT2D eigenvalue weighted by molar-refractivity contribution is -0.113. The Balaban J connectivity index is 1.64. The standard InChI is InChI=1S/C23H26FN5O2S/c1-5-29-21(16(4)25-22(31)18-8-6-7-9-19(18)24)27-28-23(29)32-13-20(30)26-17-11-14(2)10-15(3)12-17/h6-12,16H,5,13H2,1-4H3,(H,25,31)(H,26,30)/t16-/m1/s1. The van der Waals surface area contributed by atoms with Crippen LogP contribution in [0.3, 0.4) is 0 Å². The number of nitrogens with one attached hydrogen (secondary N) is 2. The first-order valence-corrected chi connectivity index (χ1v) is 11.3. The van der Waals surface area contributed by atoms with Gasteiger partial charge in [0.15, 0.2) is 11.0 Å². The molecule has 0 fully saturated rings. The first kappa shape index (κ1) is 23.5. The molecule has 1 atom stereocenters. The maximum atomic E-state index is 13.9. The summed E-state index contributed by atoms with van der Waals surface area (Å²) in [5.74, 6) is -0.549. The second kappa shape index (κ2) is 10.4. The Kier molecular flexibility index (Phi) is 7.63. The van der Waals surface area contributed by atoms with Crippen LogP contribution in [0.2, 0.25) is 0 Å². The summed E-state index contributed by atoms with van der Waals surface area (Å²) in [4.78, 5) is 24.8. The highest BCUT2D eigenvalue weighted by molar-refractivity contribution is 7.99. The molecule has 0 spiro atoms. The van der Waals surface area contributed by atoms with Crippen molar-refractivity contribution in [1.29, 1.82) is 0 Å². The Morgan fingerprint density at radius 3 is 2.47 bits per heavy atom. The van der Waals surface area contributed by atoms with Crippen LogP contribution in [-0.4, -0.2) is 32.3 Å². The van der Waals surface area contributed by atoms with E-state index in [1.807, 2.05) is 43.5 Å². The van der Waals surface area contributed by atoms with Gasteiger partial charge in [0.1, 0.15) is 5.82 Å². The van der Waals surface area contributed by atoms with Crippen molar-refractivity contribution in [2.45, 2.75) is 45.4 Å². The Bertz CT molecular complexity index is 1110. The van der Waals surface area contributed by atoms with Crippen LogP contribution in [0.25, 0.3) is 0 Å². The van der Waals surface area contributed by atoms with Crippen LogP contribution in [0, 0.1) is 19.7 Å². The van der Waals surface area contributed by atoms with Gasteiger partial charge >= 0.3 is 0 Å². The van der Waals surface area contributed by atoms with E-state index in [1.54, 1.807) is 13.0 Å². The second-order valence-electron chi connectivity index (χ2n) is 7.47. The number of benzene rings is 2. The number of hydrogen-bond donors (Lipinski definition) is 2. The fourth-order valence-electron chi connectivity index (χ4n) is 3.38. The summed E-state index contributed by atoms with van der Waals surface area (Å²) < 4.78 is 15.7. The largest absolute Gasteiger partial charge is 0.342 e. The van der Waals surface area contributed by atoms with Crippen LogP contribution in [-0.2, 0) is 11.3 Å². The summed E-state index contributed by atoms with van der Waals surface area (Å²) >= 11 is 1.27. The van der Waals surface area contributed by atoms with Gasteiger partial charge in [-0.3, -0.25) is 9.59 Å². The molecule has 0 bridgehead atoms. The van der Waals surface area contributed by atoms with Crippen LogP contribution < -0.4 is 10.6 Å². The van der Waals surface area contributed by atoms with Crippen molar-refractivity contribution < 1.29 is 14.0 Å². The molecule has 1 aromatic heterocycles. The summed E-state index contributed by atoms with van der Waals surface area (Å²) in [6, 6.07) is 11.2. The van der Waals surface area contributed by atoms with Crippen molar-refractivity contribution in [3.8, 4) is 0 Å². The number of carbonyl (C=O) groups is 2. The molecule has 0 radical (unpaired) electrons. The molecule has 2 amide bonds. The number of amides is 2. The summed E-state index contributed by atoms with van der Waals surface area (Å²) in [6.45, 7) is 8.21. The van der Waals surface area contributed by atoms with Gasteiger partial charge in [0, 0.05) is 12.2 Å². The van der Waals surface area contributed by atoms with Gasteiger partial charge in [-0.15, -0.1) is 10.2 Å². The molecule has 32 heavy (non-hydrogen) atoms. The molecule has 1 heterocycles. The van der Waals surface area contributed by atoms with Gasteiger partial charge in [-0.05, 0) is 63.1 Å². The molecular formula is C23H26FN5O2S. The zero-order valence-corrected chi connectivity index (χ0v) is 19.3. The number of halogens is 1. The Morgan fingerprint density at radius 2 is 1.81 bits per heavy atom. The van der Waals surface area contributed by atoms with Crippen molar-refractivity contribution >= 4 is 29.3 Å². The molecule has 0 saturated heterocycles. The van der Waals surface area contributed by atoms with Crippen LogP contribution in [0.1, 0.15) is 47.2 Å². The van der Waals surface area contributed by atoms with Gasteiger partial charge in [0.05, 0.1) is 17.4 Å². The van der Waals surface area contributed by atoms with Crippen molar-refractivity contribution in [2.75, 3.05) is 11.1 Å². The quantitative estimate of drug-likeness (QED) is 0.495. The number of nitrogens with zero attached hydrogens (tertiary/aromatic N) is 3. The Morgan fingerprint density at radius 1 is 1.12 bits per heavy atom.